The lowest BCUT2D eigenvalue weighted by atomic mass is 10.3. The summed E-state index contributed by atoms with van der Waals surface area (Å²) in [7, 11) is 0. The van der Waals surface area contributed by atoms with Gasteiger partial charge in [0.25, 0.3) is 0 Å². The van der Waals surface area contributed by atoms with E-state index in [1.807, 2.05) is 0 Å². The zero-order valence-electron chi connectivity index (χ0n) is 9.33. The average Bonchev–Trinajstić information content (AvgIpc) is 2.91. The van der Waals surface area contributed by atoms with Gasteiger partial charge in [0.05, 0.1) is 5.56 Å². The van der Waals surface area contributed by atoms with E-state index in [1.165, 1.54) is 6.42 Å². The normalized spacial score (nSPS) is 22.9. The summed E-state index contributed by atoms with van der Waals surface area (Å²) in [5, 5.41) is 3.39. The third-order valence-electron chi connectivity index (χ3n) is 2.94. The Morgan fingerprint density at radius 1 is 1.56 bits per heavy atom. The Kier molecular flexibility index (Phi) is 3.10. The largest absolute Gasteiger partial charge is 0.369 e. The van der Waals surface area contributed by atoms with Crippen molar-refractivity contribution in [2.45, 2.75) is 20.3 Å². The van der Waals surface area contributed by atoms with E-state index in [9.17, 15) is 4.79 Å². The molecule has 2 atom stereocenters. The molecule has 1 aromatic rings. The molecule has 0 radical (unpaired) electrons. The highest BCUT2D eigenvalue weighted by Gasteiger charge is 2.32. The van der Waals surface area contributed by atoms with E-state index < -0.39 is 0 Å². The highest BCUT2D eigenvalue weighted by Crippen LogP contribution is 2.37. The molecule has 1 aromatic heterocycles. The van der Waals surface area contributed by atoms with E-state index in [4.69, 9.17) is 11.6 Å². The molecule has 2 rings (SSSR count). The van der Waals surface area contributed by atoms with Crippen LogP contribution in [0.25, 0.3) is 0 Å². The smallest absolute Gasteiger partial charge is 0.156 e. The molecule has 86 valence electrons. The van der Waals surface area contributed by atoms with Crippen molar-refractivity contribution in [3.05, 3.63) is 16.5 Å². The van der Waals surface area contributed by atoms with Gasteiger partial charge in [-0.25, -0.2) is 9.97 Å². The number of aromatic nitrogens is 2. The minimum absolute atomic E-state index is 0.217. The molecule has 0 aliphatic heterocycles. The number of carbonyl (C=O) groups excluding carboxylic acids is 1. The van der Waals surface area contributed by atoms with Crippen LogP contribution in [0.4, 0.5) is 5.82 Å². The zero-order valence-corrected chi connectivity index (χ0v) is 10.1. The standard InChI is InChI=1S/C11H14ClN3O/c1-6-3-8(6)4-13-11-9(5-16)10(12)14-7(2)15-11/h5-6,8H,3-4H2,1-2H3,(H,13,14,15). The Labute approximate surface area is 99.4 Å². The van der Waals surface area contributed by atoms with Crippen LogP contribution in [-0.4, -0.2) is 22.8 Å². The molecule has 0 aromatic carbocycles. The van der Waals surface area contributed by atoms with Crippen molar-refractivity contribution in [2.24, 2.45) is 11.8 Å². The van der Waals surface area contributed by atoms with E-state index in [2.05, 4.69) is 22.2 Å². The lowest BCUT2D eigenvalue weighted by Crippen LogP contribution is -2.10. The van der Waals surface area contributed by atoms with Gasteiger partial charge in [-0.05, 0) is 25.2 Å². The quantitative estimate of drug-likeness (QED) is 0.647. The molecular weight excluding hydrogens is 226 g/mol. The number of nitrogens with one attached hydrogen (secondary N) is 1. The summed E-state index contributed by atoms with van der Waals surface area (Å²) in [5.74, 6) is 2.58. The molecule has 0 amide bonds. The van der Waals surface area contributed by atoms with Crippen LogP contribution in [-0.2, 0) is 0 Å². The Morgan fingerprint density at radius 2 is 2.25 bits per heavy atom. The molecule has 1 saturated carbocycles. The molecule has 0 saturated heterocycles. The Balaban J connectivity index is 2.14. The van der Waals surface area contributed by atoms with E-state index >= 15 is 0 Å². The number of hydrogen-bond acceptors (Lipinski definition) is 4. The topological polar surface area (TPSA) is 54.9 Å². The maximum absolute atomic E-state index is 10.9. The summed E-state index contributed by atoms with van der Waals surface area (Å²) in [6.45, 7) is 4.81. The second-order valence-electron chi connectivity index (χ2n) is 4.30. The predicted octanol–water partition coefficient (Wildman–Crippen LogP) is 2.32. The highest BCUT2D eigenvalue weighted by atomic mass is 35.5. The van der Waals surface area contributed by atoms with Crippen molar-refractivity contribution in [2.75, 3.05) is 11.9 Å². The fourth-order valence-electron chi connectivity index (χ4n) is 1.70. The number of aryl methyl sites for hydroxylation is 1. The van der Waals surface area contributed by atoms with Crippen molar-refractivity contribution >= 4 is 23.7 Å². The molecule has 16 heavy (non-hydrogen) atoms. The zero-order chi connectivity index (χ0) is 11.7. The maximum Gasteiger partial charge on any atom is 0.156 e. The van der Waals surface area contributed by atoms with Crippen LogP contribution in [0.2, 0.25) is 5.15 Å². The number of halogens is 1. The Bertz CT molecular complexity index is 422. The SMILES string of the molecule is Cc1nc(Cl)c(C=O)c(NCC2CC2C)n1. The number of carbonyl (C=O) groups is 1. The van der Waals surface area contributed by atoms with E-state index in [0.717, 1.165) is 12.5 Å². The van der Waals surface area contributed by atoms with Gasteiger partial charge in [0.2, 0.25) is 0 Å². The van der Waals surface area contributed by atoms with Crippen LogP contribution in [0, 0.1) is 18.8 Å². The van der Waals surface area contributed by atoms with Gasteiger partial charge in [-0.2, -0.15) is 0 Å². The van der Waals surface area contributed by atoms with Gasteiger partial charge in [-0.1, -0.05) is 18.5 Å². The molecular formula is C11H14ClN3O. The molecule has 1 heterocycles. The minimum atomic E-state index is 0.217. The number of nitrogens with zero attached hydrogens (tertiary/aromatic N) is 2. The summed E-state index contributed by atoms with van der Waals surface area (Å²) < 4.78 is 0. The number of hydrogen-bond donors (Lipinski definition) is 1. The van der Waals surface area contributed by atoms with Gasteiger partial charge in [0.15, 0.2) is 6.29 Å². The molecule has 4 nitrogen and oxygen atoms in total. The van der Waals surface area contributed by atoms with Gasteiger partial charge in [0, 0.05) is 6.54 Å². The second-order valence-corrected chi connectivity index (χ2v) is 4.65. The van der Waals surface area contributed by atoms with Crippen molar-refractivity contribution in [3.63, 3.8) is 0 Å². The van der Waals surface area contributed by atoms with Gasteiger partial charge in [0.1, 0.15) is 16.8 Å². The number of rotatable bonds is 4. The molecule has 2 unspecified atom stereocenters. The highest BCUT2D eigenvalue weighted by molar-refractivity contribution is 6.32. The summed E-state index contributed by atoms with van der Waals surface area (Å²) in [5.41, 5.74) is 0.348. The maximum atomic E-state index is 10.9. The first-order valence-electron chi connectivity index (χ1n) is 5.35. The lowest BCUT2D eigenvalue weighted by Gasteiger charge is -2.08. The Morgan fingerprint density at radius 3 is 2.81 bits per heavy atom. The minimum Gasteiger partial charge on any atom is -0.369 e. The van der Waals surface area contributed by atoms with E-state index in [-0.39, 0.29) is 5.15 Å². The molecule has 5 heteroatoms. The fraction of sp³-hybridized carbons (Fsp3) is 0.545. The van der Waals surface area contributed by atoms with Crippen molar-refractivity contribution in [1.82, 2.24) is 9.97 Å². The Hall–Kier alpha value is -1.16. The van der Waals surface area contributed by atoms with Gasteiger partial charge in [-0.15, -0.1) is 0 Å². The molecule has 0 spiro atoms. The van der Waals surface area contributed by atoms with Crippen molar-refractivity contribution in [3.8, 4) is 0 Å². The van der Waals surface area contributed by atoms with Gasteiger partial charge in [-0.3, -0.25) is 4.79 Å². The third-order valence-corrected chi connectivity index (χ3v) is 3.22. The first-order valence-corrected chi connectivity index (χ1v) is 5.72. The molecule has 1 aliphatic rings. The van der Waals surface area contributed by atoms with Crippen LogP contribution >= 0.6 is 11.6 Å². The first kappa shape index (κ1) is 11.3. The summed E-state index contributed by atoms with van der Waals surface area (Å²) in [4.78, 5) is 19.0. The third kappa shape index (κ3) is 2.32. The molecule has 0 bridgehead atoms. The second kappa shape index (κ2) is 4.37. The van der Waals surface area contributed by atoms with Gasteiger partial charge < -0.3 is 5.32 Å². The fourth-order valence-corrected chi connectivity index (χ4v) is 1.95. The molecule has 1 fully saturated rings. The van der Waals surface area contributed by atoms with E-state index in [0.29, 0.717) is 29.4 Å². The van der Waals surface area contributed by atoms with Crippen LogP contribution in [0.15, 0.2) is 0 Å². The van der Waals surface area contributed by atoms with E-state index in [1.54, 1.807) is 6.92 Å². The molecule has 1 N–H and O–H groups in total. The first-order chi connectivity index (χ1) is 7.61. The van der Waals surface area contributed by atoms with Crippen molar-refractivity contribution in [1.29, 1.82) is 0 Å². The lowest BCUT2D eigenvalue weighted by molar-refractivity contribution is 0.112. The molecule has 1 aliphatic carbocycles. The van der Waals surface area contributed by atoms with Crippen LogP contribution < -0.4 is 5.32 Å². The summed E-state index contributed by atoms with van der Waals surface area (Å²) >= 11 is 5.87. The summed E-state index contributed by atoms with van der Waals surface area (Å²) in [6, 6.07) is 0. The van der Waals surface area contributed by atoms with Crippen LogP contribution in [0.5, 0.6) is 0 Å². The predicted molar refractivity (Wildman–Crippen MR) is 62.9 cm³/mol. The van der Waals surface area contributed by atoms with Crippen molar-refractivity contribution < 1.29 is 4.79 Å². The summed E-state index contributed by atoms with van der Waals surface area (Å²) in [6.07, 6.45) is 1.93. The van der Waals surface area contributed by atoms with Crippen LogP contribution in [0.3, 0.4) is 0 Å². The van der Waals surface area contributed by atoms with Gasteiger partial charge >= 0.3 is 0 Å². The van der Waals surface area contributed by atoms with Crippen LogP contribution in [0.1, 0.15) is 29.5 Å². The number of anilines is 1. The average molecular weight is 240 g/mol. The number of aldehydes is 1. The monoisotopic (exact) mass is 239 g/mol.